The van der Waals surface area contributed by atoms with E-state index in [1.165, 1.54) is 6.07 Å². The first kappa shape index (κ1) is 12.5. The maximum absolute atomic E-state index is 13.6. The average Bonchev–Trinajstić information content (AvgIpc) is 2.52. The maximum atomic E-state index is 13.6. The number of hydrogen-bond acceptors (Lipinski definition) is 1. The summed E-state index contributed by atoms with van der Waals surface area (Å²) in [5.74, 6) is 1.49. The summed E-state index contributed by atoms with van der Waals surface area (Å²) in [6.07, 6.45) is 0. The van der Waals surface area contributed by atoms with Crippen LogP contribution in [0.2, 0.25) is 0 Å². The minimum absolute atomic E-state index is 0.207. The number of para-hydroxylation sites is 2. The van der Waals surface area contributed by atoms with E-state index in [1.54, 1.807) is 12.1 Å². The first-order chi connectivity index (χ1) is 10.3. The summed E-state index contributed by atoms with van der Waals surface area (Å²) in [7, 11) is -0.333. The van der Waals surface area contributed by atoms with E-state index in [2.05, 4.69) is 12.1 Å². The van der Waals surface area contributed by atoms with Gasteiger partial charge in [-0.15, -0.1) is 0 Å². The smallest absolute Gasteiger partial charge is 0.209 e. The molecular weight excluding hydrogens is 283 g/mol. The molecule has 3 aromatic rings. The van der Waals surface area contributed by atoms with E-state index < -0.39 is 0 Å². The van der Waals surface area contributed by atoms with Crippen LogP contribution >= 0.6 is 0 Å². The van der Waals surface area contributed by atoms with Crippen LogP contribution in [-0.2, 0) is 10.9 Å². The molecule has 1 nitrogen and oxygen atoms in total. The summed E-state index contributed by atoms with van der Waals surface area (Å²) in [5.41, 5.74) is 0. The molecule has 0 saturated carbocycles. The van der Waals surface area contributed by atoms with Gasteiger partial charge in [0.05, 0.1) is 0 Å². The molecule has 0 bridgehead atoms. The van der Waals surface area contributed by atoms with Crippen LogP contribution < -0.4 is 4.74 Å². The molecular formula is C18H12FOS+. The fourth-order valence-electron chi connectivity index (χ4n) is 2.49. The number of fused-ring (bicyclic) bond motifs is 2. The predicted octanol–water partition coefficient (Wildman–Crippen LogP) is 5.03. The average molecular weight is 295 g/mol. The lowest BCUT2D eigenvalue weighted by atomic mass is 10.3. The molecule has 21 heavy (non-hydrogen) atoms. The molecule has 0 unspecified atom stereocenters. The Morgan fingerprint density at radius 1 is 0.714 bits per heavy atom. The lowest BCUT2D eigenvalue weighted by molar-refractivity contribution is 0.453. The molecule has 0 aromatic heterocycles. The lowest BCUT2D eigenvalue weighted by Gasteiger charge is -2.19. The summed E-state index contributed by atoms with van der Waals surface area (Å²) < 4.78 is 19.6. The van der Waals surface area contributed by atoms with Gasteiger partial charge in [0.25, 0.3) is 0 Å². The third-order valence-electron chi connectivity index (χ3n) is 3.39. The van der Waals surface area contributed by atoms with Crippen LogP contribution in [0.15, 0.2) is 87.5 Å². The standard InChI is InChI=1S/C18H12FOS/c19-13-6-5-7-14(12-13)21-17-10-3-1-8-15(17)20-16-9-2-4-11-18(16)21/h1-12H/q+1. The van der Waals surface area contributed by atoms with Gasteiger partial charge in [-0.05, 0) is 36.4 Å². The largest absolute Gasteiger partial charge is 0.447 e. The molecule has 0 atom stereocenters. The summed E-state index contributed by atoms with van der Waals surface area (Å²) in [6, 6.07) is 22.8. The quantitative estimate of drug-likeness (QED) is 0.448. The second kappa shape index (κ2) is 4.93. The zero-order valence-corrected chi connectivity index (χ0v) is 11.9. The summed E-state index contributed by atoms with van der Waals surface area (Å²) >= 11 is 0. The van der Waals surface area contributed by atoms with Crippen LogP contribution in [0.5, 0.6) is 11.5 Å². The van der Waals surface area contributed by atoms with Gasteiger partial charge in [-0.1, -0.05) is 30.3 Å². The topological polar surface area (TPSA) is 9.23 Å². The van der Waals surface area contributed by atoms with Crippen LogP contribution in [0.1, 0.15) is 0 Å². The van der Waals surface area contributed by atoms with Crippen molar-refractivity contribution in [2.45, 2.75) is 14.7 Å². The highest BCUT2D eigenvalue weighted by Gasteiger charge is 2.38. The Kier molecular flexibility index (Phi) is 2.93. The third kappa shape index (κ3) is 2.10. The third-order valence-corrected chi connectivity index (χ3v) is 5.67. The molecule has 0 radical (unpaired) electrons. The van der Waals surface area contributed by atoms with Crippen molar-refractivity contribution in [3.63, 3.8) is 0 Å². The van der Waals surface area contributed by atoms with Crippen LogP contribution in [0, 0.1) is 5.82 Å². The fraction of sp³-hybridized carbons (Fsp3) is 0. The zero-order valence-electron chi connectivity index (χ0n) is 11.1. The van der Waals surface area contributed by atoms with E-state index in [1.807, 2.05) is 42.5 Å². The second-order valence-electron chi connectivity index (χ2n) is 4.76. The highest BCUT2D eigenvalue weighted by molar-refractivity contribution is 7.97. The fourth-order valence-corrected chi connectivity index (χ4v) is 4.73. The lowest BCUT2D eigenvalue weighted by Crippen LogP contribution is -2.12. The van der Waals surface area contributed by atoms with Gasteiger partial charge in [0, 0.05) is 6.07 Å². The number of ether oxygens (including phenoxy) is 1. The van der Waals surface area contributed by atoms with Gasteiger partial charge >= 0.3 is 0 Å². The molecule has 102 valence electrons. The van der Waals surface area contributed by atoms with Crippen molar-refractivity contribution in [2.75, 3.05) is 0 Å². The van der Waals surface area contributed by atoms with Crippen molar-refractivity contribution in [1.82, 2.24) is 0 Å². The van der Waals surface area contributed by atoms with Gasteiger partial charge in [-0.2, -0.15) is 0 Å². The number of halogens is 1. The van der Waals surface area contributed by atoms with Gasteiger partial charge in [0.2, 0.25) is 9.79 Å². The van der Waals surface area contributed by atoms with E-state index in [9.17, 15) is 4.39 Å². The van der Waals surface area contributed by atoms with E-state index in [4.69, 9.17) is 4.74 Å². The first-order valence-electron chi connectivity index (χ1n) is 6.69. The molecule has 3 heteroatoms. The first-order valence-corrected chi connectivity index (χ1v) is 7.91. The summed E-state index contributed by atoms with van der Waals surface area (Å²) in [6.45, 7) is 0. The van der Waals surface area contributed by atoms with Crippen molar-refractivity contribution in [2.24, 2.45) is 0 Å². The minimum atomic E-state index is -0.333. The Labute approximate surface area is 125 Å². The number of benzene rings is 3. The van der Waals surface area contributed by atoms with Gasteiger partial charge in [-0.25, -0.2) is 4.39 Å². The Morgan fingerprint density at radius 2 is 1.33 bits per heavy atom. The molecule has 0 saturated heterocycles. The Hall–Kier alpha value is -2.26. The van der Waals surface area contributed by atoms with Crippen molar-refractivity contribution < 1.29 is 9.13 Å². The van der Waals surface area contributed by atoms with Crippen LogP contribution in [0.25, 0.3) is 0 Å². The minimum Gasteiger partial charge on any atom is -0.447 e. The van der Waals surface area contributed by atoms with E-state index in [0.717, 1.165) is 26.2 Å². The highest BCUT2D eigenvalue weighted by Crippen LogP contribution is 2.46. The molecule has 1 heterocycles. The maximum Gasteiger partial charge on any atom is 0.209 e. The molecule has 0 amide bonds. The normalized spacial score (nSPS) is 13.2. The van der Waals surface area contributed by atoms with Crippen LogP contribution in [0.3, 0.4) is 0 Å². The summed E-state index contributed by atoms with van der Waals surface area (Å²) in [4.78, 5) is 3.17. The van der Waals surface area contributed by atoms with Gasteiger partial charge in [0.1, 0.15) is 16.7 Å². The molecule has 0 spiro atoms. The van der Waals surface area contributed by atoms with Gasteiger partial charge < -0.3 is 4.74 Å². The molecule has 0 aliphatic carbocycles. The van der Waals surface area contributed by atoms with Crippen molar-refractivity contribution in [1.29, 1.82) is 0 Å². The van der Waals surface area contributed by atoms with Crippen molar-refractivity contribution >= 4 is 10.9 Å². The second-order valence-corrected chi connectivity index (χ2v) is 6.72. The molecule has 0 fully saturated rings. The highest BCUT2D eigenvalue weighted by atomic mass is 32.2. The SMILES string of the molecule is Fc1cccc([S+]2c3ccccc3Oc3ccccc32)c1. The van der Waals surface area contributed by atoms with E-state index >= 15 is 0 Å². The molecule has 1 aliphatic rings. The van der Waals surface area contributed by atoms with Gasteiger partial charge in [-0.3, -0.25) is 0 Å². The van der Waals surface area contributed by atoms with Crippen molar-refractivity contribution in [3.05, 3.63) is 78.6 Å². The molecule has 3 aromatic carbocycles. The molecule has 1 aliphatic heterocycles. The molecule has 4 rings (SSSR count). The Balaban J connectivity index is 1.97. The van der Waals surface area contributed by atoms with Gasteiger partial charge in [0.15, 0.2) is 16.4 Å². The number of hydrogen-bond donors (Lipinski definition) is 0. The monoisotopic (exact) mass is 295 g/mol. The predicted molar refractivity (Wildman–Crippen MR) is 81.5 cm³/mol. The Morgan fingerprint density at radius 3 is 1.95 bits per heavy atom. The summed E-state index contributed by atoms with van der Waals surface area (Å²) in [5, 5.41) is 0. The van der Waals surface area contributed by atoms with E-state index in [-0.39, 0.29) is 16.7 Å². The number of rotatable bonds is 1. The van der Waals surface area contributed by atoms with Crippen molar-refractivity contribution in [3.8, 4) is 11.5 Å². The van der Waals surface area contributed by atoms with E-state index in [0.29, 0.717) is 0 Å². The zero-order chi connectivity index (χ0) is 14.2. The van der Waals surface area contributed by atoms with Crippen LogP contribution in [-0.4, -0.2) is 0 Å². The van der Waals surface area contributed by atoms with Crippen LogP contribution in [0.4, 0.5) is 4.39 Å². The Bertz CT molecular complexity index is 770. The molecule has 0 N–H and O–H groups in total.